The molecule has 1 aromatic rings. The second kappa shape index (κ2) is 4.18. The summed E-state index contributed by atoms with van der Waals surface area (Å²) >= 11 is 0. The molecule has 2 rings (SSSR count). The van der Waals surface area contributed by atoms with Crippen molar-refractivity contribution in [3.05, 3.63) is 29.3 Å². The number of sulfone groups is 1. The van der Waals surface area contributed by atoms with E-state index in [1.807, 2.05) is 26.1 Å². The summed E-state index contributed by atoms with van der Waals surface area (Å²) in [5, 5.41) is 2.77. The van der Waals surface area contributed by atoms with Crippen molar-refractivity contribution in [3.63, 3.8) is 0 Å². The fraction of sp³-hybridized carbons (Fsp3) is 0.500. The predicted octanol–water partition coefficient (Wildman–Crippen LogP) is 1.30. The van der Waals surface area contributed by atoms with Crippen LogP contribution in [0.1, 0.15) is 17.5 Å². The number of hydrogen-bond acceptors (Lipinski definition) is 3. The molecule has 0 aromatic heterocycles. The van der Waals surface area contributed by atoms with Gasteiger partial charge in [-0.25, -0.2) is 8.42 Å². The molecular weight excluding hydrogens is 222 g/mol. The molecule has 0 saturated heterocycles. The molecule has 0 aliphatic carbocycles. The number of nitrogens with one attached hydrogen (secondary N) is 1. The van der Waals surface area contributed by atoms with E-state index in [0.717, 1.165) is 17.7 Å². The van der Waals surface area contributed by atoms with E-state index in [-0.39, 0.29) is 5.25 Å². The Kier molecular flexibility index (Phi) is 3.04. The third-order valence-corrected chi connectivity index (χ3v) is 5.42. The van der Waals surface area contributed by atoms with Crippen LogP contribution in [-0.2, 0) is 16.3 Å². The minimum atomic E-state index is -3.08. The Bertz CT molecular complexity index is 494. The third kappa shape index (κ3) is 1.87. The van der Waals surface area contributed by atoms with Gasteiger partial charge in [-0.3, -0.25) is 0 Å². The van der Waals surface area contributed by atoms with Gasteiger partial charge >= 0.3 is 0 Å². The molecular formula is C12H17NO2S. The molecule has 88 valence electrons. The normalized spacial score (nSPS) is 22.0. The summed E-state index contributed by atoms with van der Waals surface area (Å²) in [6.07, 6.45) is 1.35. The van der Waals surface area contributed by atoms with Gasteiger partial charge in [-0.1, -0.05) is 17.7 Å². The van der Waals surface area contributed by atoms with Crippen LogP contribution in [-0.4, -0.2) is 27.3 Å². The Balaban J connectivity index is 2.34. The Morgan fingerprint density at radius 1 is 1.44 bits per heavy atom. The molecule has 0 radical (unpaired) electrons. The molecule has 4 heteroatoms. The number of hydrogen-bond donors (Lipinski definition) is 1. The third-order valence-electron chi connectivity index (χ3n) is 3.13. The zero-order valence-corrected chi connectivity index (χ0v) is 10.5. The van der Waals surface area contributed by atoms with Crippen molar-refractivity contribution in [2.45, 2.75) is 29.9 Å². The lowest BCUT2D eigenvalue weighted by molar-refractivity contribution is 0.575. The summed E-state index contributed by atoms with van der Waals surface area (Å²) in [6.45, 7) is 2.74. The number of fused-ring (bicyclic) bond motifs is 1. The van der Waals surface area contributed by atoms with E-state index in [0.29, 0.717) is 17.7 Å². The second-order valence-electron chi connectivity index (χ2n) is 4.37. The molecule has 1 N–H and O–H groups in total. The zero-order valence-electron chi connectivity index (χ0n) is 9.66. The SMILES string of the molecule is CNCCC1Cc2cc(C)ccc2S1(=O)=O. The lowest BCUT2D eigenvalue weighted by atomic mass is 10.1. The monoisotopic (exact) mass is 239 g/mol. The van der Waals surface area contributed by atoms with E-state index in [2.05, 4.69) is 5.32 Å². The first-order valence-electron chi connectivity index (χ1n) is 5.53. The van der Waals surface area contributed by atoms with Crippen LogP contribution < -0.4 is 5.32 Å². The summed E-state index contributed by atoms with van der Waals surface area (Å²) in [5.74, 6) is 0. The molecule has 16 heavy (non-hydrogen) atoms. The lowest BCUT2D eigenvalue weighted by Gasteiger charge is -2.08. The molecule has 0 bridgehead atoms. The quantitative estimate of drug-likeness (QED) is 0.865. The number of benzene rings is 1. The first-order valence-corrected chi connectivity index (χ1v) is 7.08. The van der Waals surface area contributed by atoms with Crippen LogP contribution in [0.3, 0.4) is 0 Å². The van der Waals surface area contributed by atoms with Crippen LogP contribution >= 0.6 is 0 Å². The smallest absolute Gasteiger partial charge is 0.181 e. The topological polar surface area (TPSA) is 46.2 Å². The molecule has 1 atom stereocenters. The summed E-state index contributed by atoms with van der Waals surface area (Å²) in [5.41, 5.74) is 2.12. The molecule has 1 unspecified atom stereocenters. The van der Waals surface area contributed by atoms with Gasteiger partial charge in [-0.15, -0.1) is 0 Å². The second-order valence-corrected chi connectivity index (χ2v) is 6.57. The molecule has 1 heterocycles. The van der Waals surface area contributed by atoms with Gasteiger partial charge in [0.25, 0.3) is 0 Å². The standard InChI is InChI=1S/C12H17NO2S/c1-9-3-4-12-10(7-9)8-11(5-6-13-2)16(12,14)15/h3-4,7,11,13H,5-6,8H2,1-2H3. The van der Waals surface area contributed by atoms with Crippen molar-refractivity contribution in [1.29, 1.82) is 0 Å². The van der Waals surface area contributed by atoms with Crippen molar-refractivity contribution >= 4 is 9.84 Å². The van der Waals surface area contributed by atoms with E-state index in [1.165, 1.54) is 0 Å². The maximum absolute atomic E-state index is 12.2. The fourth-order valence-corrected chi connectivity index (χ4v) is 4.19. The predicted molar refractivity (Wildman–Crippen MR) is 64.4 cm³/mol. The van der Waals surface area contributed by atoms with E-state index in [4.69, 9.17) is 0 Å². The largest absolute Gasteiger partial charge is 0.320 e. The summed E-state index contributed by atoms with van der Waals surface area (Å²) in [6, 6.07) is 5.61. The Morgan fingerprint density at radius 2 is 2.19 bits per heavy atom. The van der Waals surface area contributed by atoms with E-state index >= 15 is 0 Å². The average Bonchev–Trinajstić information content (AvgIpc) is 2.47. The van der Waals surface area contributed by atoms with Crippen LogP contribution in [0.15, 0.2) is 23.1 Å². The fourth-order valence-electron chi connectivity index (χ4n) is 2.24. The summed E-state index contributed by atoms with van der Waals surface area (Å²) in [7, 11) is -1.23. The van der Waals surface area contributed by atoms with Gasteiger partial charge in [0.2, 0.25) is 0 Å². The Morgan fingerprint density at radius 3 is 2.88 bits per heavy atom. The van der Waals surface area contributed by atoms with Crippen LogP contribution in [0.2, 0.25) is 0 Å². The zero-order chi connectivity index (χ0) is 11.8. The Labute approximate surface area is 96.8 Å². The molecule has 0 spiro atoms. The van der Waals surface area contributed by atoms with Gasteiger partial charge in [0.05, 0.1) is 10.1 Å². The van der Waals surface area contributed by atoms with Crippen LogP contribution in [0, 0.1) is 6.92 Å². The van der Waals surface area contributed by atoms with Crippen molar-refractivity contribution in [2.24, 2.45) is 0 Å². The van der Waals surface area contributed by atoms with E-state index in [1.54, 1.807) is 6.07 Å². The molecule has 1 aromatic carbocycles. The van der Waals surface area contributed by atoms with Crippen LogP contribution in [0.5, 0.6) is 0 Å². The molecule has 0 fully saturated rings. The van der Waals surface area contributed by atoms with Gasteiger partial charge in [0, 0.05) is 0 Å². The summed E-state index contributed by atoms with van der Waals surface area (Å²) < 4.78 is 24.3. The van der Waals surface area contributed by atoms with Gasteiger partial charge in [-0.05, 0) is 45.0 Å². The number of rotatable bonds is 3. The van der Waals surface area contributed by atoms with Crippen molar-refractivity contribution in [2.75, 3.05) is 13.6 Å². The van der Waals surface area contributed by atoms with Gasteiger partial charge in [-0.2, -0.15) is 0 Å². The van der Waals surface area contributed by atoms with Crippen molar-refractivity contribution < 1.29 is 8.42 Å². The highest BCUT2D eigenvalue weighted by molar-refractivity contribution is 7.92. The molecule has 0 saturated carbocycles. The average molecular weight is 239 g/mol. The first kappa shape index (κ1) is 11.6. The highest BCUT2D eigenvalue weighted by Crippen LogP contribution is 2.33. The minimum absolute atomic E-state index is 0.239. The Hall–Kier alpha value is -0.870. The highest BCUT2D eigenvalue weighted by atomic mass is 32.2. The maximum atomic E-state index is 12.2. The van der Waals surface area contributed by atoms with Gasteiger partial charge in [0.15, 0.2) is 9.84 Å². The minimum Gasteiger partial charge on any atom is -0.320 e. The molecule has 1 aliphatic rings. The van der Waals surface area contributed by atoms with E-state index < -0.39 is 9.84 Å². The van der Waals surface area contributed by atoms with E-state index in [9.17, 15) is 8.42 Å². The maximum Gasteiger partial charge on any atom is 0.181 e. The van der Waals surface area contributed by atoms with Gasteiger partial charge < -0.3 is 5.32 Å². The summed E-state index contributed by atoms with van der Waals surface area (Å²) in [4.78, 5) is 0.541. The highest BCUT2D eigenvalue weighted by Gasteiger charge is 2.36. The van der Waals surface area contributed by atoms with Crippen molar-refractivity contribution in [3.8, 4) is 0 Å². The van der Waals surface area contributed by atoms with Gasteiger partial charge in [0.1, 0.15) is 0 Å². The van der Waals surface area contributed by atoms with Crippen LogP contribution in [0.4, 0.5) is 0 Å². The van der Waals surface area contributed by atoms with Crippen molar-refractivity contribution in [1.82, 2.24) is 5.32 Å². The molecule has 3 nitrogen and oxygen atoms in total. The van der Waals surface area contributed by atoms with Crippen LogP contribution in [0.25, 0.3) is 0 Å². The first-order chi connectivity index (χ1) is 7.55. The molecule has 1 aliphatic heterocycles. The molecule has 0 amide bonds. The number of aryl methyl sites for hydroxylation is 1. The lowest BCUT2D eigenvalue weighted by Crippen LogP contribution is -2.22.